The van der Waals surface area contributed by atoms with E-state index in [-0.39, 0.29) is 0 Å². The van der Waals surface area contributed by atoms with Gasteiger partial charge in [0, 0.05) is 0 Å². The normalized spacial score (nSPS) is 11.7. The van der Waals surface area contributed by atoms with E-state index in [1.165, 1.54) is 0 Å². The highest BCUT2D eigenvalue weighted by Crippen LogP contribution is 2.11. The number of benzene rings is 1. The minimum Gasteiger partial charge on any atom is -0.480 e. The fourth-order valence-electron chi connectivity index (χ4n) is 1.05. The van der Waals surface area contributed by atoms with Gasteiger partial charge in [-0.05, 0) is 5.56 Å². The topological polar surface area (TPSA) is 78.4 Å². The van der Waals surface area contributed by atoms with Crippen molar-refractivity contribution in [2.24, 2.45) is 0 Å². The highest BCUT2D eigenvalue weighted by molar-refractivity contribution is 5.75. The molecule has 74 valence electrons. The highest BCUT2D eigenvalue weighted by atomic mass is 16.4. The number of hydrogen-bond donors (Lipinski definition) is 3. The molecule has 0 unspecified atom stereocenters. The van der Waals surface area contributed by atoms with Crippen LogP contribution in [-0.4, -0.2) is 17.5 Å². The average molecular weight is 194 g/mol. The van der Waals surface area contributed by atoms with Gasteiger partial charge in [0.1, 0.15) is 6.04 Å². The molecule has 0 spiro atoms. The largest absolute Gasteiger partial charge is 0.480 e. The van der Waals surface area contributed by atoms with Crippen LogP contribution in [0, 0.1) is 0 Å². The molecule has 0 radical (unpaired) electrons. The monoisotopic (exact) mass is 194 g/mol. The SMILES string of the molecule is O=CNN[C@@H](C(=O)O)c1ccccc1. The van der Waals surface area contributed by atoms with Gasteiger partial charge < -0.3 is 5.11 Å². The predicted molar refractivity (Wildman–Crippen MR) is 49.2 cm³/mol. The molecule has 0 aliphatic carbocycles. The number of amides is 1. The molecule has 1 aromatic rings. The van der Waals surface area contributed by atoms with E-state index in [0.717, 1.165) is 0 Å². The maximum Gasteiger partial charge on any atom is 0.327 e. The summed E-state index contributed by atoms with van der Waals surface area (Å²) in [4.78, 5) is 20.8. The Morgan fingerprint density at radius 3 is 2.50 bits per heavy atom. The molecule has 0 bridgehead atoms. The lowest BCUT2D eigenvalue weighted by Gasteiger charge is -2.12. The number of carbonyl (C=O) groups excluding carboxylic acids is 1. The third-order valence-corrected chi connectivity index (χ3v) is 1.67. The zero-order valence-corrected chi connectivity index (χ0v) is 7.31. The van der Waals surface area contributed by atoms with Gasteiger partial charge in [0.2, 0.25) is 6.41 Å². The molecule has 0 saturated carbocycles. The summed E-state index contributed by atoms with van der Waals surface area (Å²) < 4.78 is 0. The molecule has 0 aliphatic rings. The summed E-state index contributed by atoms with van der Waals surface area (Å²) in [6, 6.07) is 7.65. The quantitative estimate of drug-likeness (QED) is 0.457. The number of rotatable bonds is 5. The van der Waals surface area contributed by atoms with Crippen LogP contribution in [0.25, 0.3) is 0 Å². The molecule has 1 rings (SSSR count). The van der Waals surface area contributed by atoms with Crippen molar-refractivity contribution in [1.29, 1.82) is 0 Å². The van der Waals surface area contributed by atoms with Crippen LogP contribution >= 0.6 is 0 Å². The first-order valence-corrected chi connectivity index (χ1v) is 3.98. The van der Waals surface area contributed by atoms with Crippen molar-refractivity contribution < 1.29 is 14.7 Å². The van der Waals surface area contributed by atoms with Crippen molar-refractivity contribution in [2.75, 3.05) is 0 Å². The van der Waals surface area contributed by atoms with Crippen LogP contribution in [0.1, 0.15) is 11.6 Å². The lowest BCUT2D eigenvalue weighted by Crippen LogP contribution is -2.38. The molecule has 0 fully saturated rings. The molecule has 0 saturated heterocycles. The Kier molecular flexibility index (Phi) is 3.63. The van der Waals surface area contributed by atoms with Crippen LogP contribution in [0.5, 0.6) is 0 Å². The molecule has 3 N–H and O–H groups in total. The number of carboxylic acid groups (broad SMARTS) is 1. The summed E-state index contributed by atoms with van der Waals surface area (Å²) in [5.74, 6) is -1.05. The standard InChI is InChI=1S/C9H10N2O3/c12-6-10-11-8(9(13)14)7-4-2-1-3-5-7/h1-6,8,11H,(H,10,12)(H,13,14)/t8-/m1/s1. The number of carbonyl (C=O) groups is 2. The predicted octanol–water partition coefficient (Wildman–Crippen LogP) is 0.0629. The molecular weight excluding hydrogens is 184 g/mol. The van der Waals surface area contributed by atoms with E-state index >= 15 is 0 Å². The van der Waals surface area contributed by atoms with Gasteiger partial charge in [-0.15, -0.1) is 0 Å². The Morgan fingerprint density at radius 1 is 1.36 bits per heavy atom. The Hall–Kier alpha value is -1.88. The van der Waals surface area contributed by atoms with E-state index in [1.807, 2.05) is 0 Å². The van der Waals surface area contributed by atoms with E-state index in [2.05, 4.69) is 10.9 Å². The molecule has 1 aromatic carbocycles. The second-order valence-corrected chi connectivity index (χ2v) is 2.59. The molecule has 14 heavy (non-hydrogen) atoms. The number of hydrogen-bond acceptors (Lipinski definition) is 3. The summed E-state index contributed by atoms with van der Waals surface area (Å²) in [5.41, 5.74) is 5.06. The van der Waals surface area contributed by atoms with Crippen molar-refractivity contribution in [3.05, 3.63) is 35.9 Å². The first-order valence-electron chi connectivity index (χ1n) is 3.98. The van der Waals surface area contributed by atoms with E-state index in [1.54, 1.807) is 30.3 Å². The van der Waals surface area contributed by atoms with Crippen LogP contribution < -0.4 is 10.9 Å². The van der Waals surface area contributed by atoms with Crippen LogP contribution in [0.15, 0.2) is 30.3 Å². The molecular formula is C9H10N2O3. The first-order chi connectivity index (χ1) is 6.75. The minimum atomic E-state index is -1.05. The summed E-state index contributed by atoms with van der Waals surface area (Å²) in [5, 5.41) is 8.83. The molecule has 5 heteroatoms. The first kappa shape index (κ1) is 10.2. The molecule has 0 aliphatic heterocycles. The fourth-order valence-corrected chi connectivity index (χ4v) is 1.05. The molecule has 1 amide bonds. The minimum absolute atomic E-state index is 0.388. The number of hydrazine groups is 1. The van der Waals surface area contributed by atoms with Crippen LogP contribution in [0.3, 0.4) is 0 Å². The van der Waals surface area contributed by atoms with Crippen molar-refractivity contribution in [3.63, 3.8) is 0 Å². The fraction of sp³-hybridized carbons (Fsp3) is 0.111. The Morgan fingerprint density at radius 2 is 2.00 bits per heavy atom. The lowest BCUT2D eigenvalue weighted by molar-refractivity contribution is -0.140. The van der Waals surface area contributed by atoms with Crippen LogP contribution in [0.4, 0.5) is 0 Å². The number of carboxylic acids is 1. The maximum atomic E-state index is 10.8. The summed E-state index contributed by atoms with van der Waals surface area (Å²) in [6.45, 7) is 0. The smallest absolute Gasteiger partial charge is 0.327 e. The lowest BCUT2D eigenvalue weighted by atomic mass is 10.1. The Bertz CT molecular complexity index is 313. The van der Waals surface area contributed by atoms with E-state index in [4.69, 9.17) is 5.11 Å². The molecule has 0 aromatic heterocycles. The van der Waals surface area contributed by atoms with Crippen molar-refractivity contribution in [2.45, 2.75) is 6.04 Å². The zero-order valence-electron chi connectivity index (χ0n) is 7.31. The third-order valence-electron chi connectivity index (χ3n) is 1.67. The van der Waals surface area contributed by atoms with Gasteiger partial charge in [-0.1, -0.05) is 30.3 Å². The van der Waals surface area contributed by atoms with Gasteiger partial charge >= 0.3 is 5.97 Å². The Labute approximate surface area is 80.7 Å². The zero-order chi connectivity index (χ0) is 10.4. The Balaban J connectivity index is 2.78. The number of nitrogens with one attached hydrogen (secondary N) is 2. The van der Waals surface area contributed by atoms with Crippen LogP contribution in [0.2, 0.25) is 0 Å². The van der Waals surface area contributed by atoms with Gasteiger partial charge in [0.25, 0.3) is 0 Å². The summed E-state index contributed by atoms with van der Waals surface area (Å²) in [7, 11) is 0. The number of aliphatic carboxylic acids is 1. The van der Waals surface area contributed by atoms with Crippen molar-refractivity contribution in [3.8, 4) is 0 Å². The van der Waals surface area contributed by atoms with Gasteiger partial charge in [-0.25, -0.2) is 5.43 Å². The second kappa shape index (κ2) is 4.98. The van der Waals surface area contributed by atoms with Crippen LogP contribution in [-0.2, 0) is 9.59 Å². The molecule has 1 atom stereocenters. The van der Waals surface area contributed by atoms with E-state index < -0.39 is 12.0 Å². The van der Waals surface area contributed by atoms with Crippen molar-refractivity contribution >= 4 is 12.4 Å². The third kappa shape index (κ3) is 2.56. The highest BCUT2D eigenvalue weighted by Gasteiger charge is 2.18. The summed E-state index contributed by atoms with van der Waals surface area (Å²) >= 11 is 0. The van der Waals surface area contributed by atoms with Crippen molar-refractivity contribution in [1.82, 2.24) is 10.9 Å². The van der Waals surface area contributed by atoms with Gasteiger partial charge in [-0.2, -0.15) is 0 Å². The second-order valence-electron chi connectivity index (χ2n) is 2.59. The molecule has 5 nitrogen and oxygen atoms in total. The maximum absolute atomic E-state index is 10.8. The van der Waals surface area contributed by atoms with Gasteiger partial charge in [-0.3, -0.25) is 15.0 Å². The van der Waals surface area contributed by atoms with E-state index in [9.17, 15) is 9.59 Å². The summed E-state index contributed by atoms with van der Waals surface area (Å²) in [6.07, 6.45) is 0.388. The van der Waals surface area contributed by atoms with E-state index in [0.29, 0.717) is 12.0 Å². The average Bonchev–Trinajstić information content (AvgIpc) is 2.19. The van der Waals surface area contributed by atoms with Gasteiger partial charge in [0.05, 0.1) is 0 Å². The molecule has 0 heterocycles. The van der Waals surface area contributed by atoms with Gasteiger partial charge in [0.15, 0.2) is 0 Å².